The van der Waals surface area contributed by atoms with Crippen molar-refractivity contribution < 1.29 is 33.0 Å². The van der Waals surface area contributed by atoms with E-state index in [-0.39, 0.29) is 21.9 Å². The number of hydrogen-bond donors (Lipinski definition) is 0. The molecule has 59 valence electrons. The van der Waals surface area contributed by atoms with Crippen molar-refractivity contribution in [1.82, 2.24) is 0 Å². The number of halogens is 3. The van der Waals surface area contributed by atoms with Gasteiger partial charge >= 0.3 is 51.0 Å². The Balaban J connectivity index is -0.00000000750. The zero-order valence-corrected chi connectivity index (χ0v) is 10.3. The summed E-state index contributed by atoms with van der Waals surface area (Å²) in [7, 11) is 0. The standard InChI is InChI=1S/3BrH.Mo.4H2O/h3*1H;;4*1H2/q;;;+3;;;;/p-3. The molecule has 0 heterocycles. The summed E-state index contributed by atoms with van der Waals surface area (Å²) in [6.07, 6.45) is 0. The minimum atomic E-state index is -0.919. The van der Waals surface area contributed by atoms with E-state index in [9.17, 15) is 0 Å². The van der Waals surface area contributed by atoms with E-state index in [0.717, 1.165) is 0 Å². The van der Waals surface area contributed by atoms with E-state index in [4.69, 9.17) is 0 Å². The monoisotopic (exact) mass is 407 g/mol. The zero-order valence-electron chi connectivity index (χ0n) is 3.54. The van der Waals surface area contributed by atoms with Crippen LogP contribution in [0.5, 0.6) is 0 Å². The molecule has 8 heavy (non-hydrogen) atoms. The van der Waals surface area contributed by atoms with Gasteiger partial charge in [0, 0.05) is 0 Å². The summed E-state index contributed by atoms with van der Waals surface area (Å²) >= 11 is 8.90. The van der Waals surface area contributed by atoms with E-state index < -0.39 is 11.1 Å². The molecule has 0 unspecified atom stereocenters. The van der Waals surface area contributed by atoms with E-state index in [1.165, 1.54) is 0 Å². The first-order valence-electron chi connectivity index (χ1n) is 0.463. The molecule has 0 spiro atoms. The van der Waals surface area contributed by atoms with E-state index in [2.05, 4.69) is 39.9 Å². The van der Waals surface area contributed by atoms with Crippen LogP contribution in [0, 0.1) is 0 Å². The first-order valence-corrected chi connectivity index (χ1v) is 14.2. The van der Waals surface area contributed by atoms with Crippen molar-refractivity contribution in [2.75, 3.05) is 0 Å². The van der Waals surface area contributed by atoms with E-state index >= 15 is 0 Å². The van der Waals surface area contributed by atoms with Gasteiger partial charge < -0.3 is 21.9 Å². The van der Waals surface area contributed by atoms with Gasteiger partial charge in [0.05, 0.1) is 0 Å². The molecule has 0 aromatic heterocycles. The van der Waals surface area contributed by atoms with Gasteiger partial charge in [0.1, 0.15) is 0 Å². The van der Waals surface area contributed by atoms with Crippen LogP contribution in [-0.2, 0) is 11.1 Å². The Labute approximate surface area is 72.2 Å². The fourth-order valence-electron chi connectivity index (χ4n) is 0. The van der Waals surface area contributed by atoms with Crippen molar-refractivity contribution in [3.05, 3.63) is 0 Å². The maximum absolute atomic E-state index is 3.27. The maximum atomic E-state index is 3.27. The fraction of sp³-hybridized carbons (Fsp3) is 0. The van der Waals surface area contributed by atoms with Gasteiger partial charge in [0.15, 0.2) is 0 Å². The van der Waals surface area contributed by atoms with Crippen LogP contribution in [0.3, 0.4) is 0 Å². The molecule has 0 saturated carbocycles. The average molecular weight is 408 g/mol. The molecule has 4 nitrogen and oxygen atoms in total. The van der Waals surface area contributed by atoms with Crippen molar-refractivity contribution in [2.45, 2.75) is 0 Å². The molecule has 0 radical (unpaired) electrons. The van der Waals surface area contributed by atoms with Gasteiger partial charge in [-0.05, 0) is 0 Å². The molecule has 0 saturated heterocycles. The second kappa shape index (κ2) is 23.1. The van der Waals surface area contributed by atoms with Crippen molar-refractivity contribution in [3.63, 3.8) is 0 Å². The normalized spacial score (nSPS) is 4.50. The quantitative estimate of drug-likeness (QED) is 0.468. The summed E-state index contributed by atoms with van der Waals surface area (Å²) in [4.78, 5) is 0. The van der Waals surface area contributed by atoms with E-state index in [1.54, 1.807) is 0 Å². The summed E-state index contributed by atoms with van der Waals surface area (Å²) in [6, 6.07) is 0. The van der Waals surface area contributed by atoms with Gasteiger partial charge in [-0.1, -0.05) is 0 Å². The van der Waals surface area contributed by atoms with Gasteiger partial charge in [-0.2, -0.15) is 0 Å². The van der Waals surface area contributed by atoms with Gasteiger partial charge in [0.2, 0.25) is 0 Å². The van der Waals surface area contributed by atoms with E-state index in [1.807, 2.05) is 0 Å². The third-order valence-corrected chi connectivity index (χ3v) is 0. The molecule has 0 fully saturated rings. The van der Waals surface area contributed by atoms with Crippen molar-refractivity contribution in [3.8, 4) is 0 Å². The number of hydrogen-bond acceptors (Lipinski definition) is 0. The third-order valence-electron chi connectivity index (χ3n) is 0. The SMILES string of the molecule is O.O.O.O.[Br][Mo]([Br])[Br]. The van der Waals surface area contributed by atoms with Gasteiger partial charge in [-0.15, -0.1) is 0 Å². The Hall–Kier alpha value is 1.97. The average Bonchev–Trinajstić information content (AvgIpc) is 0.811. The molecule has 0 atom stereocenters. The molecule has 0 aromatic rings. The van der Waals surface area contributed by atoms with Crippen LogP contribution in [0.2, 0.25) is 0 Å². The molecule has 0 amide bonds. The summed E-state index contributed by atoms with van der Waals surface area (Å²) in [5.41, 5.74) is 0. The molecule has 8 N–H and O–H groups in total. The third kappa shape index (κ3) is 99.9. The van der Waals surface area contributed by atoms with Crippen LogP contribution in [0.4, 0.5) is 0 Å². The summed E-state index contributed by atoms with van der Waals surface area (Å²) in [5.74, 6) is 0. The molecule has 0 bridgehead atoms. The summed E-state index contributed by atoms with van der Waals surface area (Å²) < 4.78 is 0. The Kier molecular flexibility index (Phi) is 93.7. The molecular weight excluding hydrogens is 400 g/mol. The van der Waals surface area contributed by atoms with Gasteiger partial charge in [-0.3, -0.25) is 0 Å². The molecule has 0 rings (SSSR count). The fourth-order valence-corrected chi connectivity index (χ4v) is 0. The predicted octanol–water partition coefficient (Wildman–Crippen LogP) is -0.765. The predicted molar refractivity (Wildman–Crippen MR) is 41.2 cm³/mol. The minimum absolute atomic E-state index is 0. The Bertz CT molecular complexity index is 16.0. The van der Waals surface area contributed by atoms with Crippen LogP contribution in [0.1, 0.15) is 0 Å². The van der Waals surface area contributed by atoms with Crippen LogP contribution in [-0.4, -0.2) is 21.9 Å². The van der Waals surface area contributed by atoms with Crippen molar-refractivity contribution in [1.29, 1.82) is 0 Å². The van der Waals surface area contributed by atoms with Crippen molar-refractivity contribution in [2.24, 2.45) is 0 Å². The zero-order chi connectivity index (χ0) is 3.58. The summed E-state index contributed by atoms with van der Waals surface area (Å²) in [6.45, 7) is 0. The van der Waals surface area contributed by atoms with Crippen LogP contribution >= 0.6 is 39.9 Å². The molecular formula is H8Br3MoO4. The Morgan fingerprint density at radius 1 is 0.625 bits per heavy atom. The van der Waals surface area contributed by atoms with E-state index in [0.29, 0.717) is 0 Å². The number of rotatable bonds is 0. The summed E-state index contributed by atoms with van der Waals surface area (Å²) in [5, 5.41) is 0. The molecule has 8 heteroatoms. The second-order valence-corrected chi connectivity index (χ2v) is 27.9. The van der Waals surface area contributed by atoms with Crippen LogP contribution in [0.25, 0.3) is 0 Å². The second-order valence-electron chi connectivity index (χ2n) is 0.175. The molecule has 0 aromatic carbocycles. The topological polar surface area (TPSA) is 126 Å². The first-order chi connectivity index (χ1) is 1.73. The van der Waals surface area contributed by atoms with Crippen LogP contribution < -0.4 is 0 Å². The van der Waals surface area contributed by atoms with Crippen molar-refractivity contribution >= 4 is 39.9 Å². The Morgan fingerprint density at radius 3 is 0.625 bits per heavy atom. The van der Waals surface area contributed by atoms with Crippen LogP contribution in [0.15, 0.2) is 0 Å². The first kappa shape index (κ1) is 32.5. The molecule has 0 aliphatic carbocycles. The van der Waals surface area contributed by atoms with Gasteiger partial charge in [-0.25, -0.2) is 0 Å². The Morgan fingerprint density at radius 2 is 0.625 bits per heavy atom. The van der Waals surface area contributed by atoms with Gasteiger partial charge in [0.25, 0.3) is 0 Å². The molecule has 0 aliphatic rings. The molecule has 0 aliphatic heterocycles.